The molecule has 0 saturated carbocycles. The van der Waals surface area contributed by atoms with Gasteiger partial charge in [-0.05, 0) is 17.5 Å². The van der Waals surface area contributed by atoms with Gasteiger partial charge in [0.25, 0.3) is 0 Å². The maximum Gasteiger partial charge on any atom is 1.00 e. The van der Waals surface area contributed by atoms with Crippen LogP contribution in [0.4, 0.5) is 0 Å². The number of carbonyl (C=O) groups is 1. The van der Waals surface area contributed by atoms with E-state index in [2.05, 4.69) is 0 Å². The second-order valence-corrected chi connectivity index (χ2v) is 5.07. The molecule has 0 aliphatic heterocycles. The second kappa shape index (κ2) is 7.22. The van der Waals surface area contributed by atoms with Crippen LogP contribution in [0.5, 0.6) is 0 Å². The van der Waals surface area contributed by atoms with E-state index in [0.29, 0.717) is 11.1 Å². The number of rotatable bonds is 5. The van der Waals surface area contributed by atoms with Crippen molar-refractivity contribution in [3.63, 3.8) is 0 Å². The van der Waals surface area contributed by atoms with Crippen LogP contribution in [-0.4, -0.2) is 30.1 Å². The first-order valence-electron chi connectivity index (χ1n) is 4.78. The Hall–Kier alpha value is -0.440. The third-order valence-corrected chi connectivity index (χ3v) is 2.79. The molecule has 1 aromatic carbocycles. The summed E-state index contributed by atoms with van der Waals surface area (Å²) in [6.45, 7) is 0. The minimum absolute atomic E-state index is 0. The van der Waals surface area contributed by atoms with Crippen molar-refractivity contribution in [1.29, 1.82) is 0 Å². The first-order chi connectivity index (χ1) is 7.78. The predicted molar refractivity (Wildman–Crippen MR) is 59.2 cm³/mol. The Bertz CT molecular complexity index is 517. The predicted octanol–water partition coefficient (Wildman–Crippen LogP) is -3.31. The van der Waals surface area contributed by atoms with Gasteiger partial charge in [0, 0.05) is 0 Å². The minimum atomic E-state index is -4.34. The monoisotopic (exact) mass is 281 g/mol. The van der Waals surface area contributed by atoms with Crippen molar-refractivity contribution in [3.05, 3.63) is 35.4 Å². The first-order valence-corrected chi connectivity index (χ1v) is 6.35. The van der Waals surface area contributed by atoms with Crippen LogP contribution < -0.4 is 35.3 Å². The summed E-state index contributed by atoms with van der Waals surface area (Å²) < 4.78 is 31.7. The molecule has 1 aromatic rings. The van der Waals surface area contributed by atoms with Gasteiger partial charge in [0.1, 0.15) is 6.04 Å². The van der Waals surface area contributed by atoms with Gasteiger partial charge in [0.2, 0.25) is 0 Å². The smallest absolute Gasteiger partial charge is 0.748 e. The van der Waals surface area contributed by atoms with Crippen LogP contribution >= 0.6 is 0 Å². The summed E-state index contributed by atoms with van der Waals surface area (Å²) in [5.41, 5.74) is 6.26. The van der Waals surface area contributed by atoms with E-state index in [-0.39, 0.29) is 36.0 Å². The molecule has 3 N–H and O–H groups in total. The molecule has 1 atom stereocenters. The summed E-state index contributed by atoms with van der Waals surface area (Å²) in [5.74, 6) is -1.74. The van der Waals surface area contributed by atoms with Crippen molar-refractivity contribution in [2.24, 2.45) is 5.73 Å². The molecule has 0 aromatic heterocycles. The van der Waals surface area contributed by atoms with Gasteiger partial charge in [-0.3, -0.25) is 4.79 Å². The number of aliphatic carboxylic acids is 1. The normalized spacial score (nSPS) is 12.6. The molecular formula is C10H12NNaO5S. The number of hydrogen-bond acceptors (Lipinski definition) is 5. The third-order valence-electron chi connectivity index (χ3n) is 2.11. The molecule has 1 unspecified atom stereocenters. The van der Waals surface area contributed by atoms with E-state index in [0.717, 1.165) is 0 Å². The average molecular weight is 281 g/mol. The van der Waals surface area contributed by atoms with Crippen LogP contribution in [0.1, 0.15) is 11.1 Å². The fraction of sp³-hybridized carbons (Fsp3) is 0.300. The van der Waals surface area contributed by atoms with E-state index in [9.17, 15) is 17.8 Å². The molecule has 0 heterocycles. The molecule has 1 rings (SSSR count). The zero-order chi connectivity index (χ0) is 13.1. The molecule has 0 aliphatic rings. The van der Waals surface area contributed by atoms with Gasteiger partial charge in [0.15, 0.2) is 0 Å². The summed E-state index contributed by atoms with van der Waals surface area (Å²) in [5, 5.41) is 8.63. The SMILES string of the molecule is NC(Cc1cccc(CS(=O)(=O)[O-])c1)C(=O)O.[Na+]. The number of nitrogens with two attached hydrogens (primary N) is 1. The van der Waals surface area contributed by atoms with Crippen molar-refractivity contribution >= 4 is 16.1 Å². The summed E-state index contributed by atoms with van der Waals surface area (Å²) in [6, 6.07) is 5.10. The molecule has 0 saturated heterocycles. The summed E-state index contributed by atoms with van der Waals surface area (Å²) >= 11 is 0. The van der Waals surface area contributed by atoms with Gasteiger partial charge in [-0.2, -0.15) is 0 Å². The molecule has 8 heteroatoms. The minimum Gasteiger partial charge on any atom is -0.748 e. The Morgan fingerprint density at radius 1 is 1.39 bits per heavy atom. The van der Waals surface area contributed by atoms with Gasteiger partial charge in [-0.15, -0.1) is 0 Å². The molecule has 6 nitrogen and oxygen atoms in total. The van der Waals surface area contributed by atoms with E-state index in [1.807, 2.05) is 0 Å². The number of carboxylic acid groups (broad SMARTS) is 1. The molecule has 0 aliphatic carbocycles. The Morgan fingerprint density at radius 2 is 1.94 bits per heavy atom. The zero-order valence-corrected chi connectivity index (χ0v) is 12.7. The number of benzene rings is 1. The van der Waals surface area contributed by atoms with E-state index < -0.39 is 27.9 Å². The van der Waals surface area contributed by atoms with E-state index >= 15 is 0 Å². The number of carboxylic acids is 1. The standard InChI is InChI=1S/C10H13NO5S.Na/c11-9(10(12)13)5-7-2-1-3-8(4-7)6-17(14,15)16;/h1-4,9H,5-6,11H2,(H,12,13)(H,14,15,16);/q;+1/p-1. The fourth-order valence-corrected chi connectivity index (χ4v) is 1.98. The van der Waals surface area contributed by atoms with Gasteiger partial charge in [-0.25, -0.2) is 8.42 Å². The quantitative estimate of drug-likeness (QED) is 0.430. The van der Waals surface area contributed by atoms with Gasteiger partial charge >= 0.3 is 35.5 Å². The maximum absolute atomic E-state index is 10.6. The van der Waals surface area contributed by atoms with Crippen LogP contribution in [0.15, 0.2) is 24.3 Å². The van der Waals surface area contributed by atoms with Gasteiger partial charge in [-0.1, -0.05) is 24.3 Å². The van der Waals surface area contributed by atoms with E-state index in [1.165, 1.54) is 12.1 Å². The van der Waals surface area contributed by atoms with Crippen LogP contribution in [0, 0.1) is 0 Å². The van der Waals surface area contributed by atoms with Gasteiger partial charge < -0.3 is 15.4 Å². The summed E-state index contributed by atoms with van der Waals surface area (Å²) in [4.78, 5) is 10.5. The molecule has 0 fully saturated rings. The molecule has 0 spiro atoms. The topological polar surface area (TPSA) is 121 Å². The molecule has 18 heavy (non-hydrogen) atoms. The summed E-state index contributed by atoms with van der Waals surface area (Å²) in [6.07, 6.45) is 0.0854. The van der Waals surface area contributed by atoms with Crippen molar-refractivity contribution in [1.82, 2.24) is 0 Å². The average Bonchev–Trinajstić information content (AvgIpc) is 2.15. The maximum atomic E-state index is 10.6. The first kappa shape index (κ1) is 17.6. The Kier molecular flexibility index (Phi) is 7.05. The van der Waals surface area contributed by atoms with Crippen molar-refractivity contribution in [3.8, 4) is 0 Å². The van der Waals surface area contributed by atoms with Crippen LogP contribution in [0.3, 0.4) is 0 Å². The second-order valence-electron chi connectivity index (χ2n) is 3.67. The third kappa shape index (κ3) is 6.48. The van der Waals surface area contributed by atoms with Crippen molar-refractivity contribution < 1.29 is 52.4 Å². The molecule has 0 amide bonds. The fourth-order valence-electron chi connectivity index (χ4n) is 1.39. The van der Waals surface area contributed by atoms with Gasteiger partial charge in [0.05, 0.1) is 15.9 Å². The summed E-state index contributed by atoms with van der Waals surface area (Å²) in [7, 11) is -4.34. The van der Waals surface area contributed by atoms with E-state index in [1.54, 1.807) is 12.1 Å². The Labute approximate surface area is 127 Å². The van der Waals surface area contributed by atoms with Crippen LogP contribution in [-0.2, 0) is 27.1 Å². The molecule has 0 bridgehead atoms. The molecular weight excluding hydrogens is 269 g/mol. The molecule has 94 valence electrons. The molecule has 0 radical (unpaired) electrons. The van der Waals surface area contributed by atoms with Crippen molar-refractivity contribution in [2.45, 2.75) is 18.2 Å². The van der Waals surface area contributed by atoms with E-state index in [4.69, 9.17) is 10.8 Å². The zero-order valence-electron chi connectivity index (χ0n) is 9.87. The Morgan fingerprint density at radius 3 is 2.44 bits per heavy atom. The Balaban J connectivity index is 0.00000289. The van der Waals surface area contributed by atoms with Crippen LogP contribution in [0.2, 0.25) is 0 Å². The van der Waals surface area contributed by atoms with Crippen molar-refractivity contribution in [2.75, 3.05) is 0 Å². The largest absolute Gasteiger partial charge is 1.00 e. The van der Waals surface area contributed by atoms with Crippen LogP contribution in [0.25, 0.3) is 0 Å². The number of hydrogen-bond donors (Lipinski definition) is 2.